The van der Waals surface area contributed by atoms with Crippen LogP contribution in [-0.4, -0.2) is 28.9 Å². The van der Waals surface area contributed by atoms with E-state index in [-0.39, 0.29) is 11.8 Å². The molecule has 2 heterocycles. The van der Waals surface area contributed by atoms with E-state index in [0.29, 0.717) is 0 Å². The topological polar surface area (TPSA) is 59.2 Å². The van der Waals surface area contributed by atoms with Crippen LogP contribution < -0.4 is 5.73 Å². The van der Waals surface area contributed by atoms with Gasteiger partial charge in [0.2, 0.25) is 5.91 Å². The van der Waals surface area contributed by atoms with Crippen molar-refractivity contribution in [3.8, 4) is 0 Å². The van der Waals surface area contributed by atoms with E-state index in [1.165, 1.54) is 10.9 Å². The number of hydrogen-bond acceptors (Lipinski definition) is 3. The van der Waals surface area contributed by atoms with E-state index in [9.17, 15) is 4.79 Å². The van der Waals surface area contributed by atoms with Crippen molar-refractivity contribution < 1.29 is 4.79 Å². The summed E-state index contributed by atoms with van der Waals surface area (Å²) < 4.78 is 0. The number of rotatable bonds is 3. The van der Waals surface area contributed by atoms with Gasteiger partial charge in [-0.25, -0.2) is 0 Å². The molecule has 0 radical (unpaired) electrons. The molecule has 20 heavy (non-hydrogen) atoms. The Bertz CT molecular complexity index is 613. The summed E-state index contributed by atoms with van der Waals surface area (Å²) in [5.41, 5.74) is 7.70. The first-order valence-electron chi connectivity index (χ1n) is 7.08. The fourth-order valence-electron chi connectivity index (χ4n) is 2.91. The van der Waals surface area contributed by atoms with Crippen LogP contribution >= 0.6 is 0 Å². The highest BCUT2D eigenvalue weighted by atomic mass is 16.1. The second-order valence-corrected chi connectivity index (χ2v) is 5.45. The highest BCUT2D eigenvalue weighted by Crippen LogP contribution is 2.22. The van der Waals surface area contributed by atoms with Crippen molar-refractivity contribution in [2.24, 2.45) is 11.7 Å². The summed E-state index contributed by atoms with van der Waals surface area (Å²) in [6.07, 6.45) is 3.58. The fourth-order valence-corrected chi connectivity index (χ4v) is 2.91. The van der Waals surface area contributed by atoms with E-state index < -0.39 is 0 Å². The molecule has 3 rings (SSSR count). The van der Waals surface area contributed by atoms with Crippen molar-refractivity contribution >= 4 is 16.8 Å². The van der Waals surface area contributed by atoms with Crippen molar-refractivity contribution in [3.63, 3.8) is 0 Å². The van der Waals surface area contributed by atoms with Crippen LogP contribution in [0.1, 0.15) is 18.4 Å². The predicted octanol–water partition coefficient (Wildman–Crippen LogP) is 1.93. The first kappa shape index (κ1) is 13.1. The van der Waals surface area contributed by atoms with Crippen molar-refractivity contribution in [3.05, 3.63) is 42.1 Å². The van der Waals surface area contributed by atoms with E-state index in [1.54, 1.807) is 0 Å². The highest BCUT2D eigenvalue weighted by Gasteiger charge is 2.23. The number of nitrogens with two attached hydrogens (primary N) is 1. The van der Waals surface area contributed by atoms with Crippen LogP contribution in [0.25, 0.3) is 10.9 Å². The van der Waals surface area contributed by atoms with Gasteiger partial charge in [-0.15, -0.1) is 0 Å². The number of benzene rings is 1. The van der Waals surface area contributed by atoms with Crippen molar-refractivity contribution in [1.82, 2.24) is 9.88 Å². The van der Waals surface area contributed by atoms with E-state index in [2.05, 4.69) is 34.1 Å². The molecule has 2 N–H and O–H groups in total. The first-order chi connectivity index (χ1) is 9.74. The molecule has 2 aromatic rings. The molecular weight excluding hydrogens is 250 g/mol. The molecule has 0 atom stereocenters. The average Bonchev–Trinajstić information content (AvgIpc) is 2.48. The van der Waals surface area contributed by atoms with Crippen LogP contribution in [0.3, 0.4) is 0 Å². The number of aromatic nitrogens is 1. The third-order valence-corrected chi connectivity index (χ3v) is 4.10. The number of nitrogens with zero attached hydrogens (tertiary/aromatic N) is 2. The molecule has 1 aliphatic heterocycles. The smallest absolute Gasteiger partial charge is 0.220 e. The zero-order valence-electron chi connectivity index (χ0n) is 11.5. The van der Waals surface area contributed by atoms with Gasteiger partial charge in [-0.3, -0.25) is 14.7 Å². The lowest BCUT2D eigenvalue weighted by Crippen LogP contribution is -2.38. The Morgan fingerprint density at radius 1 is 1.25 bits per heavy atom. The van der Waals surface area contributed by atoms with Crippen LogP contribution in [-0.2, 0) is 11.3 Å². The van der Waals surface area contributed by atoms with Gasteiger partial charge in [-0.05, 0) is 37.6 Å². The number of para-hydroxylation sites is 1. The second kappa shape index (κ2) is 5.59. The van der Waals surface area contributed by atoms with Gasteiger partial charge in [-0.2, -0.15) is 0 Å². The summed E-state index contributed by atoms with van der Waals surface area (Å²) in [7, 11) is 0. The maximum absolute atomic E-state index is 11.2. The zero-order chi connectivity index (χ0) is 13.9. The molecule has 104 valence electrons. The lowest BCUT2D eigenvalue weighted by molar-refractivity contribution is -0.123. The van der Waals surface area contributed by atoms with E-state index in [0.717, 1.165) is 38.0 Å². The third-order valence-electron chi connectivity index (χ3n) is 4.10. The summed E-state index contributed by atoms with van der Waals surface area (Å²) >= 11 is 0. The van der Waals surface area contributed by atoms with Gasteiger partial charge >= 0.3 is 0 Å². The molecule has 0 bridgehead atoms. The van der Waals surface area contributed by atoms with Crippen molar-refractivity contribution in [2.45, 2.75) is 19.4 Å². The van der Waals surface area contributed by atoms with E-state index >= 15 is 0 Å². The van der Waals surface area contributed by atoms with Gasteiger partial charge in [-0.1, -0.05) is 24.3 Å². The number of pyridine rings is 1. The Balaban J connectivity index is 1.73. The molecule has 1 aromatic carbocycles. The second-order valence-electron chi connectivity index (χ2n) is 5.45. The van der Waals surface area contributed by atoms with Crippen molar-refractivity contribution in [1.29, 1.82) is 0 Å². The molecule has 0 saturated carbocycles. The Morgan fingerprint density at radius 2 is 2.00 bits per heavy atom. The Kier molecular flexibility index (Phi) is 3.65. The van der Waals surface area contributed by atoms with Crippen LogP contribution in [0.2, 0.25) is 0 Å². The van der Waals surface area contributed by atoms with Crippen molar-refractivity contribution in [2.75, 3.05) is 13.1 Å². The number of fused-ring (bicyclic) bond motifs is 1. The molecule has 1 aromatic heterocycles. The number of likely N-dealkylation sites (tertiary alicyclic amines) is 1. The zero-order valence-corrected chi connectivity index (χ0v) is 11.5. The predicted molar refractivity (Wildman–Crippen MR) is 78.9 cm³/mol. The molecule has 1 amide bonds. The largest absolute Gasteiger partial charge is 0.369 e. The molecule has 0 aliphatic carbocycles. The number of amides is 1. The molecule has 0 spiro atoms. The lowest BCUT2D eigenvalue weighted by atomic mass is 9.96. The molecular formula is C16H19N3O. The number of hydrogen-bond donors (Lipinski definition) is 1. The minimum Gasteiger partial charge on any atom is -0.369 e. The minimum atomic E-state index is -0.156. The monoisotopic (exact) mass is 269 g/mol. The van der Waals surface area contributed by atoms with Crippen LogP contribution in [0, 0.1) is 5.92 Å². The normalized spacial score (nSPS) is 17.4. The summed E-state index contributed by atoms with van der Waals surface area (Å²) in [6.45, 7) is 2.74. The number of primary amides is 1. The van der Waals surface area contributed by atoms with Gasteiger partial charge in [0.1, 0.15) is 0 Å². The van der Waals surface area contributed by atoms with Gasteiger partial charge < -0.3 is 5.73 Å². The first-order valence-corrected chi connectivity index (χ1v) is 7.08. The Morgan fingerprint density at radius 3 is 2.75 bits per heavy atom. The van der Waals surface area contributed by atoms with Crippen LogP contribution in [0.15, 0.2) is 36.5 Å². The summed E-state index contributed by atoms with van der Waals surface area (Å²) in [5.74, 6) is -0.103. The summed E-state index contributed by atoms with van der Waals surface area (Å²) in [4.78, 5) is 18.1. The van der Waals surface area contributed by atoms with E-state index in [1.807, 2.05) is 12.3 Å². The van der Waals surface area contributed by atoms with E-state index in [4.69, 9.17) is 5.73 Å². The third kappa shape index (κ3) is 2.65. The van der Waals surface area contributed by atoms with Gasteiger partial charge in [0.05, 0.1) is 5.52 Å². The number of carbonyl (C=O) groups excluding carboxylic acids is 1. The molecule has 4 nitrogen and oxygen atoms in total. The average molecular weight is 269 g/mol. The van der Waals surface area contributed by atoms with Gasteiger partial charge in [0, 0.05) is 24.0 Å². The summed E-state index contributed by atoms with van der Waals surface area (Å²) in [6, 6.07) is 10.4. The lowest BCUT2D eigenvalue weighted by Gasteiger charge is -2.30. The number of carbonyl (C=O) groups is 1. The Hall–Kier alpha value is -1.94. The fraction of sp³-hybridized carbons (Fsp3) is 0.375. The quantitative estimate of drug-likeness (QED) is 0.926. The molecule has 1 aliphatic rings. The highest BCUT2D eigenvalue weighted by molar-refractivity contribution is 5.81. The maximum atomic E-state index is 11.2. The van der Waals surface area contributed by atoms with Gasteiger partial charge in [0.15, 0.2) is 0 Å². The minimum absolute atomic E-state index is 0.0527. The molecule has 4 heteroatoms. The summed E-state index contributed by atoms with van der Waals surface area (Å²) in [5, 5.41) is 1.18. The standard InChI is InChI=1S/C16H19N3O/c17-16(20)13-6-9-19(10-7-13)11-14-4-1-3-12-5-2-8-18-15(12)14/h1-5,8,13H,6-7,9-11H2,(H2,17,20). The molecule has 0 unspecified atom stereocenters. The maximum Gasteiger partial charge on any atom is 0.220 e. The van der Waals surface area contributed by atoms with Crippen LogP contribution in [0.5, 0.6) is 0 Å². The SMILES string of the molecule is NC(=O)C1CCN(Cc2cccc3cccnc23)CC1. The van der Waals surface area contributed by atoms with Gasteiger partial charge in [0.25, 0.3) is 0 Å². The Labute approximate surface area is 118 Å². The van der Waals surface area contributed by atoms with Crippen LogP contribution in [0.4, 0.5) is 0 Å². The molecule has 1 saturated heterocycles. The molecule has 1 fully saturated rings. The number of piperidine rings is 1.